The van der Waals surface area contributed by atoms with Crippen molar-refractivity contribution in [3.05, 3.63) is 30.9 Å². The van der Waals surface area contributed by atoms with E-state index >= 15 is 0 Å². The number of nitrogens with one attached hydrogen (secondary N) is 1. The summed E-state index contributed by atoms with van der Waals surface area (Å²) < 4.78 is 9.61. The van der Waals surface area contributed by atoms with Crippen molar-refractivity contribution in [2.24, 2.45) is 5.92 Å². The molecular formula is C17H20N6O3. The maximum Gasteiger partial charge on any atom is 0.229 e. The summed E-state index contributed by atoms with van der Waals surface area (Å²) in [4.78, 5) is 30.8. The number of nitrogens with zero attached hydrogens (tertiary/aromatic N) is 5. The minimum absolute atomic E-state index is 0.0137. The van der Waals surface area contributed by atoms with Gasteiger partial charge >= 0.3 is 0 Å². The zero-order valence-corrected chi connectivity index (χ0v) is 14.2. The van der Waals surface area contributed by atoms with Gasteiger partial charge in [0.2, 0.25) is 17.8 Å². The number of fused-ring (bicyclic) bond motifs is 2. The molecule has 2 aromatic heterocycles. The molecule has 5 rings (SSSR count). The first kappa shape index (κ1) is 15.6. The van der Waals surface area contributed by atoms with E-state index in [9.17, 15) is 9.59 Å². The molecule has 9 heteroatoms. The molecule has 0 aliphatic carbocycles. The van der Waals surface area contributed by atoms with Crippen LogP contribution in [0.25, 0.3) is 0 Å². The molecule has 0 aromatic carbocycles. The van der Waals surface area contributed by atoms with Crippen LogP contribution in [0.5, 0.6) is 0 Å². The van der Waals surface area contributed by atoms with Crippen LogP contribution in [-0.4, -0.2) is 61.8 Å². The second kappa shape index (κ2) is 5.66. The van der Waals surface area contributed by atoms with Crippen LogP contribution in [0.3, 0.4) is 0 Å². The molecule has 3 aliphatic rings. The van der Waals surface area contributed by atoms with Crippen LogP contribution in [0.15, 0.2) is 30.9 Å². The van der Waals surface area contributed by atoms with Crippen LogP contribution in [-0.2, 0) is 26.4 Å². The number of carbonyl (C=O) groups excluding carboxylic acids is 2. The standard InChI is InChI=1S/C17H20N6O3/c24-14-7-17(23-5-3-18-16(23)20-14)10-21(11-17)15(25)12-6-13(26-9-12)8-22-4-1-2-19-22/h1-5,12-13H,6-11H2,(H,18,20,24). The van der Waals surface area contributed by atoms with Gasteiger partial charge in [0, 0.05) is 37.9 Å². The van der Waals surface area contributed by atoms with Gasteiger partial charge in [-0.15, -0.1) is 0 Å². The Bertz CT molecular complexity index is 839. The molecule has 26 heavy (non-hydrogen) atoms. The Hall–Kier alpha value is -2.68. The summed E-state index contributed by atoms with van der Waals surface area (Å²) in [5.74, 6) is 0.523. The number of amides is 2. The number of hydrogen-bond acceptors (Lipinski definition) is 5. The quantitative estimate of drug-likeness (QED) is 0.840. The molecule has 1 spiro atoms. The second-order valence-corrected chi connectivity index (χ2v) is 7.38. The van der Waals surface area contributed by atoms with Crippen molar-refractivity contribution < 1.29 is 14.3 Å². The normalized spacial score (nSPS) is 26.5. The molecule has 0 saturated carbocycles. The predicted octanol–water partition coefficient (Wildman–Crippen LogP) is 0.0646. The third-order valence-corrected chi connectivity index (χ3v) is 5.55. The van der Waals surface area contributed by atoms with Gasteiger partial charge in [-0.2, -0.15) is 5.10 Å². The maximum atomic E-state index is 12.8. The van der Waals surface area contributed by atoms with Crippen LogP contribution in [0, 0.1) is 5.92 Å². The molecule has 0 bridgehead atoms. The molecular weight excluding hydrogens is 336 g/mol. The first-order chi connectivity index (χ1) is 12.6. The third kappa shape index (κ3) is 2.42. The van der Waals surface area contributed by atoms with Gasteiger partial charge in [-0.25, -0.2) is 4.98 Å². The van der Waals surface area contributed by atoms with Gasteiger partial charge in [0.25, 0.3) is 0 Å². The van der Waals surface area contributed by atoms with E-state index in [4.69, 9.17) is 4.74 Å². The van der Waals surface area contributed by atoms with Crippen LogP contribution in [0.4, 0.5) is 5.95 Å². The molecule has 1 N–H and O–H groups in total. The summed E-state index contributed by atoms with van der Waals surface area (Å²) in [7, 11) is 0. The molecule has 5 heterocycles. The molecule has 2 fully saturated rings. The number of likely N-dealkylation sites (tertiary alicyclic amines) is 1. The van der Waals surface area contributed by atoms with Crippen LogP contribution in [0.2, 0.25) is 0 Å². The fraction of sp³-hybridized carbons (Fsp3) is 0.529. The first-order valence-electron chi connectivity index (χ1n) is 8.84. The van der Waals surface area contributed by atoms with E-state index < -0.39 is 0 Å². The third-order valence-electron chi connectivity index (χ3n) is 5.55. The number of ether oxygens (including phenoxy) is 1. The topological polar surface area (TPSA) is 94.3 Å². The highest BCUT2D eigenvalue weighted by Gasteiger charge is 2.52. The Morgan fingerprint density at radius 1 is 1.35 bits per heavy atom. The number of rotatable bonds is 3. The lowest BCUT2D eigenvalue weighted by molar-refractivity contribution is -0.149. The lowest BCUT2D eigenvalue weighted by atomic mass is 9.83. The molecule has 2 amide bonds. The Balaban J connectivity index is 1.22. The Morgan fingerprint density at radius 3 is 3.04 bits per heavy atom. The minimum Gasteiger partial charge on any atom is -0.375 e. The van der Waals surface area contributed by atoms with E-state index in [1.54, 1.807) is 12.4 Å². The van der Waals surface area contributed by atoms with E-state index in [1.165, 1.54) is 0 Å². The highest BCUT2D eigenvalue weighted by molar-refractivity contribution is 5.92. The fourth-order valence-corrected chi connectivity index (χ4v) is 4.30. The molecule has 2 atom stereocenters. The largest absolute Gasteiger partial charge is 0.375 e. The monoisotopic (exact) mass is 356 g/mol. The SMILES string of the molecule is O=C1CC2(CN(C(=O)C3COC(Cn4cccn4)C3)C2)n2ccnc2N1. The van der Waals surface area contributed by atoms with Crippen molar-refractivity contribution in [1.29, 1.82) is 0 Å². The highest BCUT2D eigenvalue weighted by Crippen LogP contribution is 2.39. The number of anilines is 1. The van der Waals surface area contributed by atoms with Crippen LogP contribution in [0.1, 0.15) is 12.8 Å². The molecule has 9 nitrogen and oxygen atoms in total. The van der Waals surface area contributed by atoms with E-state index in [1.807, 2.05) is 32.6 Å². The minimum atomic E-state index is -0.349. The first-order valence-corrected chi connectivity index (χ1v) is 8.84. The average Bonchev–Trinajstić information content (AvgIpc) is 3.32. The summed E-state index contributed by atoms with van der Waals surface area (Å²) in [5, 5.41) is 6.96. The van der Waals surface area contributed by atoms with Crippen molar-refractivity contribution >= 4 is 17.8 Å². The second-order valence-electron chi connectivity index (χ2n) is 7.38. The zero-order valence-electron chi connectivity index (χ0n) is 14.2. The van der Waals surface area contributed by atoms with Crippen LogP contribution >= 0.6 is 0 Å². The summed E-state index contributed by atoms with van der Waals surface area (Å²) in [5.41, 5.74) is -0.349. The Kier molecular flexibility index (Phi) is 3.39. The van der Waals surface area contributed by atoms with E-state index in [0.717, 1.165) is 0 Å². The number of aromatic nitrogens is 4. The highest BCUT2D eigenvalue weighted by atomic mass is 16.5. The molecule has 2 saturated heterocycles. The van der Waals surface area contributed by atoms with Gasteiger partial charge in [-0.05, 0) is 12.5 Å². The van der Waals surface area contributed by atoms with Crippen molar-refractivity contribution in [3.63, 3.8) is 0 Å². The summed E-state index contributed by atoms with van der Waals surface area (Å²) in [6.45, 7) is 2.20. The predicted molar refractivity (Wildman–Crippen MR) is 90.1 cm³/mol. The lowest BCUT2D eigenvalue weighted by Gasteiger charge is -2.52. The van der Waals surface area contributed by atoms with Crippen molar-refractivity contribution in [2.45, 2.75) is 31.0 Å². The molecule has 3 aliphatic heterocycles. The average molecular weight is 356 g/mol. The summed E-state index contributed by atoms with van der Waals surface area (Å²) in [6.07, 6.45) is 8.28. The van der Waals surface area contributed by atoms with Gasteiger partial charge in [-0.1, -0.05) is 0 Å². The van der Waals surface area contributed by atoms with Crippen molar-refractivity contribution in [3.8, 4) is 0 Å². The fourth-order valence-electron chi connectivity index (χ4n) is 4.30. The number of hydrogen-bond donors (Lipinski definition) is 1. The van der Waals surface area contributed by atoms with Gasteiger partial charge in [0.1, 0.15) is 0 Å². The van der Waals surface area contributed by atoms with Crippen molar-refractivity contribution in [2.75, 3.05) is 25.0 Å². The van der Waals surface area contributed by atoms with Gasteiger partial charge < -0.3 is 14.2 Å². The maximum absolute atomic E-state index is 12.8. The summed E-state index contributed by atoms with van der Waals surface area (Å²) in [6, 6.07) is 1.88. The lowest BCUT2D eigenvalue weighted by Crippen LogP contribution is -2.67. The van der Waals surface area contributed by atoms with Gasteiger partial charge in [0.05, 0.1) is 37.1 Å². The number of imidazole rings is 1. The van der Waals surface area contributed by atoms with Gasteiger partial charge in [0.15, 0.2) is 0 Å². The molecule has 0 radical (unpaired) electrons. The molecule has 2 unspecified atom stereocenters. The van der Waals surface area contributed by atoms with E-state index in [-0.39, 0.29) is 29.4 Å². The smallest absolute Gasteiger partial charge is 0.229 e. The van der Waals surface area contributed by atoms with Crippen LogP contribution < -0.4 is 5.32 Å². The van der Waals surface area contributed by atoms with E-state index in [2.05, 4.69) is 15.4 Å². The van der Waals surface area contributed by atoms with Crippen molar-refractivity contribution in [1.82, 2.24) is 24.2 Å². The summed E-state index contributed by atoms with van der Waals surface area (Å²) >= 11 is 0. The Labute approximate surface area is 149 Å². The molecule has 2 aromatic rings. The van der Waals surface area contributed by atoms with Gasteiger partial charge in [-0.3, -0.25) is 19.6 Å². The zero-order chi connectivity index (χ0) is 17.7. The molecule has 136 valence electrons. The number of carbonyl (C=O) groups is 2. The van der Waals surface area contributed by atoms with E-state index in [0.29, 0.717) is 45.0 Å². The Morgan fingerprint density at radius 2 is 2.23 bits per heavy atom.